The Morgan fingerprint density at radius 2 is 1.59 bits per heavy atom. The molecule has 2 saturated heterocycles. The fraction of sp³-hybridized carbons (Fsp3) is 0.783. The Labute approximate surface area is 215 Å². The van der Waals surface area contributed by atoms with Gasteiger partial charge in [-0.15, -0.1) is 0 Å². The molecular formula is C23H37N3O11. The van der Waals surface area contributed by atoms with E-state index in [9.17, 15) is 29.1 Å². The summed E-state index contributed by atoms with van der Waals surface area (Å²) in [7, 11) is 3.03. The van der Waals surface area contributed by atoms with Crippen LogP contribution in [0.5, 0.6) is 0 Å². The first kappa shape index (κ1) is 30.4. The second-order valence-corrected chi connectivity index (χ2v) is 9.22. The van der Waals surface area contributed by atoms with Gasteiger partial charge in [0, 0.05) is 66.3 Å². The molecule has 1 amide bonds. The molecule has 210 valence electrons. The van der Waals surface area contributed by atoms with Crippen LogP contribution in [0.2, 0.25) is 0 Å². The third-order valence-corrected chi connectivity index (χ3v) is 6.23. The quantitative estimate of drug-likeness (QED) is 0.252. The number of rotatable bonds is 9. The van der Waals surface area contributed by atoms with Crippen LogP contribution in [0.1, 0.15) is 34.1 Å². The van der Waals surface area contributed by atoms with Crippen molar-refractivity contribution >= 4 is 29.8 Å². The van der Waals surface area contributed by atoms with Crippen LogP contribution in [0.3, 0.4) is 0 Å². The number of ether oxygens (including phenoxy) is 5. The van der Waals surface area contributed by atoms with Crippen LogP contribution < -0.4 is 5.32 Å². The molecule has 0 unspecified atom stereocenters. The van der Waals surface area contributed by atoms with Gasteiger partial charge in [-0.1, -0.05) is 0 Å². The van der Waals surface area contributed by atoms with E-state index in [0.717, 1.165) is 27.9 Å². The van der Waals surface area contributed by atoms with E-state index in [4.69, 9.17) is 23.7 Å². The fourth-order valence-corrected chi connectivity index (χ4v) is 4.62. The number of carbonyl (C=O) groups is 5. The minimum absolute atomic E-state index is 0.264. The molecule has 37 heavy (non-hydrogen) atoms. The number of hydrogen-bond donors (Lipinski definition) is 2. The lowest BCUT2D eigenvalue weighted by molar-refractivity contribution is -0.293. The average Bonchev–Trinajstić information content (AvgIpc) is 2.80. The number of methoxy groups -OCH3 is 1. The van der Waals surface area contributed by atoms with Gasteiger partial charge in [0.2, 0.25) is 5.91 Å². The Kier molecular flexibility index (Phi) is 10.8. The van der Waals surface area contributed by atoms with Gasteiger partial charge in [0.1, 0.15) is 12.7 Å². The Hall–Kier alpha value is -2.81. The van der Waals surface area contributed by atoms with Crippen molar-refractivity contribution < 1.29 is 52.8 Å². The van der Waals surface area contributed by atoms with Crippen LogP contribution in [-0.4, -0.2) is 128 Å². The van der Waals surface area contributed by atoms with Crippen molar-refractivity contribution in [1.29, 1.82) is 0 Å². The molecule has 0 aromatic carbocycles. The van der Waals surface area contributed by atoms with Crippen molar-refractivity contribution in [1.82, 2.24) is 15.1 Å². The third kappa shape index (κ3) is 8.35. The largest absolute Gasteiger partial charge is 0.465 e. The summed E-state index contributed by atoms with van der Waals surface area (Å²) in [5, 5.41) is 14.1. The van der Waals surface area contributed by atoms with Gasteiger partial charge in [0.15, 0.2) is 12.2 Å². The molecule has 2 aliphatic heterocycles. The number of likely N-dealkylation sites (N-methyl/N-ethyl adjacent to an activating group) is 1. The van der Waals surface area contributed by atoms with Crippen LogP contribution in [0, 0.1) is 0 Å². The topological polar surface area (TPSA) is 170 Å². The fourth-order valence-electron chi connectivity index (χ4n) is 4.62. The van der Waals surface area contributed by atoms with Gasteiger partial charge in [-0.2, -0.15) is 0 Å². The highest BCUT2D eigenvalue weighted by molar-refractivity contribution is 5.78. The van der Waals surface area contributed by atoms with Gasteiger partial charge >= 0.3 is 23.9 Å². The third-order valence-electron chi connectivity index (χ3n) is 6.23. The first-order valence-electron chi connectivity index (χ1n) is 11.9. The lowest BCUT2D eigenvalue weighted by Gasteiger charge is -2.51. The van der Waals surface area contributed by atoms with Gasteiger partial charge in [-0.05, 0) is 7.05 Å². The normalized spacial score (nSPS) is 28.4. The molecule has 2 heterocycles. The molecule has 2 fully saturated rings. The van der Waals surface area contributed by atoms with Crippen molar-refractivity contribution in [3.05, 3.63) is 0 Å². The molecule has 14 heteroatoms. The first-order valence-corrected chi connectivity index (χ1v) is 11.9. The number of nitrogens with one attached hydrogen (secondary N) is 1. The summed E-state index contributed by atoms with van der Waals surface area (Å²) in [6.45, 7) is 6.56. The van der Waals surface area contributed by atoms with Gasteiger partial charge in [-0.25, -0.2) is 4.79 Å². The SMILES string of the molecule is COC(=O)[C@]1(O)C[C@H](N2CCN(C)CC2)[C@@H](NC(C)=O)[C@H]([C@@H](OC(C)=O)[C@@H](COC(C)=O)OC(C)=O)O1. The summed E-state index contributed by atoms with van der Waals surface area (Å²) in [5.74, 6) is -6.31. The molecule has 0 aromatic heterocycles. The van der Waals surface area contributed by atoms with Gasteiger partial charge in [0.25, 0.3) is 5.79 Å². The van der Waals surface area contributed by atoms with Crippen LogP contribution in [0.15, 0.2) is 0 Å². The lowest BCUT2D eigenvalue weighted by Crippen LogP contribution is -2.72. The first-order chi connectivity index (χ1) is 17.3. The zero-order valence-electron chi connectivity index (χ0n) is 22.1. The highest BCUT2D eigenvalue weighted by atomic mass is 16.7. The number of aliphatic hydroxyl groups is 1. The van der Waals surface area contributed by atoms with Gasteiger partial charge in [-0.3, -0.25) is 24.1 Å². The number of esters is 4. The Balaban J connectivity index is 2.62. The molecule has 0 aliphatic carbocycles. The van der Waals surface area contributed by atoms with Crippen LogP contribution >= 0.6 is 0 Å². The molecule has 2 N–H and O–H groups in total. The average molecular weight is 532 g/mol. The molecule has 2 aliphatic rings. The zero-order chi connectivity index (χ0) is 27.9. The van der Waals surface area contributed by atoms with Gasteiger partial charge < -0.3 is 39.0 Å². The lowest BCUT2D eigenvalue weighted by atomic mass is 9.85. The second-order valence-electron chi connectivity index (χ2n) is 9.22. The molecular weight excluding hydrogens is 494 g/mol. The molecule has 2 rings (SSSR count). The number of amides is 1. The summed E-state index contributed by atoms with van der Waals surface area (Å²) in [6, 6.07) is -1.62. The maximum Gasteiger partial charge on any atom is 0.366 e. The zero-order valence-corrected chi connectivity index (χ0v) is 22.1. The molecule has 6 atom stereocenters. The predicted molar refractivity (Wildman–Crippen MR) is 125 cm³/mol. The van der Waals surface area contributed by atoms with Crippen LogP contribution in [0.4, 0.5) is 0 Å². The predicted octanol–water partition coefficient (Wildman–Crippen LogP) is -1.82. The standard InChI is InChI=1S/C23H37N3O11/c1-13(27)24-19-17(26-9-7-25(5)8-10-26)11-23(32,22(31)33-6)37-21(19)20(36-16(4)30)18(35-15(3)29)12-34-14(2)28/h17-21,32H,7-12H2,1-6H3,(H,24,27)/t17-,18+,19+,20-,21+,23-/m0/s1. The number of hydrogen-bond acceptors (Lipinski definition) is 13. The number of piperazine rings is 1. The summed E-state index contributed by atoms with van der Waals surface area (Å²) in [5.41, 5.74) is 0. The van der Waals surface area contributed by atoms with Crippen molar-refractivity contribution in [2.24, 2.45) is 0 Å². The minimum Gasteiger partial charge on any atom is -0.465 e. The van der Waals surface area contributed by atoms with E-state index >= 15 is 0 Å². The van der Waals surface area contributed by atoms with Crippen molar-refractivity contribution in [2.45, 2.75) is 70.3 Å². The van der Waals surface area contributed by atoms with Crippen LogP contribution in [-0.2, 0) is 47.7 Å². The maximum atomic E-state index is 12.7. The van der Waals surface area contributed by atoms with E-state index in [2.05, 4.69) is 10.2 Å². The van der Waals surface area contributed by atoms with E-state index in [0.29, 0.717) is 26.2 Å². The maximum absolute atomic E-state index is 12.7. The summed E-state index contributed by atoms with van der Waals surface area (Å²) < 4.78 is 26.4. The smallest absolute Gasteiger partial charge is 0.366 e. The molecule has 14 nitrogen and oxygen atoms in total. The van der Waals surface area contributed by atoms with Crippen molar-refractivity contribution in [3.8, 4) is 0 Å². The van der Waals surface area contributed by atoms with Crippen molar-refractivity contribution in [3.63, 3.8) is 0 Å². The summed E-state index contributed by atoms with van der Waals surface area (Å²) >= 11 is 0. The summed E-state index contributed by atoms with van der Waals surface area (Å²) in [4.78, 5) is 64.6. The van der Waals surface area contributed by atoms with E-state index in [1.54, 1.807) is 0 Å². The van der Waals surface area contributed by atoms with Crippen LogP contribution in [0.25, 0.3) is 0 Å². The number of nitrogens with zero attached hydrogens (tertiary/aromatic N) is 2. The minimum atomic E-state index is -2.48. The van der Waals surface area contributed by atoms with E-state index in [1.807, 2.05) is 11.9 Å². The Morgan fingerprint density at radius 3 is 2.08 bits per heavy atom. The number of carbonyl (C=O) groups excluding carboxylic acids is 5. The van der Waals surface area contributed by atoms with E-state index in [-0.39, 0.29) is 6.42 Å². The Bertz CT molecular complexity index is 861. The van der Waals surface area contributed by atoms with Crippen molar-refractivity contribution in [2.75, 3.05) is 46.9 Å². The molecule has 0 saturated carbocycles. The second kappa shape index (κ2) is 13.1. The Morgan fingerprint density at radius 1 is 1.00 bits per heavy atom. The summed E-state index contributed by atoms with van der Waals surface area (Å²) in [6.07, 6.45) is -4.57. The molecule has 0 radical (unpaired) electrons. The highest BCUT2D eigenvalue weighted by Gasteiger charge is 2.57. The molecule has 0 bridgehead atoms. The van der Waals surface area contributed by atoms with E-state index in [1.165, 1.54) is 6.92 Å². The molecule has 0 aromatic rings. The monoisotopic (exact) mass is 531 g/mol. The van der Waals surface area contributed by atoms with E-state index < -0.39 is 72.6 Å². The molecule has 0 spiro atoms. The van der Waals surface area contributed by atoms with Gasteiger partial charge in [0.05, 0.1) is 13.2 Å². The highest BCUT2D eigenvalue weighted by Crippen LogP contribution is 2.35.